The molecule has 4 amide bonds. The second-order valence-corrected chi connectivity index (χ2v) is 12.1. The largest absolute Gasteiger partial charge is 0.342 e. The Morgan fingerprint density at radius 1 is 1.07 bits per heavy atom. The molecule has 1 saturated carbocycles. The van der Waals surface area contributed by atoms with E-state index >= 15 is 4.39 Å². The molecule has 216 valence electrons. The van der Waals surface area contributed by atoms with Gasteiger partial charge in [-0.3, -0.25) is 24.5 Å². The first kappa shape index (κ1) is 27.1. The number of hydrogen-bond donors (Lipinski definition) is 2. The van der Waals surface area contributed by atoms with E-state index in [9.17, 15) is 14.4 Å². The van der Waals surface area contributed by atoms with Crippen LogP contribution in [0.4, 0.5) is 15.0 Å². The lowest BCUT2D eigenvalue weighted by Gasteiger charge is -2.45. The first-order valence-corrected chi connectivity index (χ1v) is 14.8. The van der Waals surface area contributed by atoms with Gasteiger partial charge < -0.3 is 15.1 Å². The van der Waals surface area contributed by atoms with Gasteiger partial charge >= 0.3 is 6.03 Å². The van der Waals surface area contributed by atoms with Crippen molar-refractivity contribution in [3.8, 4) is 0 Å². The van der Waals surface area contributed by atoms with Crippen LogP contribution in [0.25, 0.3) is 10.9 Å². The van der Waals surface area contributed by atoms with E-state index in [1.807, 2.05) is 13.1 Å². The van der Waals surface area contributed by atoms with Gasteiger partial charge in [0.25, 0.3) is 0 Å². The van der Waals surface area contributed by atoms with Crippen molar-refractivity contribution in [1.29, 1.82) is 0 Å². The number of likely N-dealkylation sites (tertiary alicyclic amines) is 2. The maximum Gasteiger partial charge on any atom is 0.329 e. The minimum absolute atomic E-state index is 0.127. The average molecular weight is 554 g/mol. The number of hydrogen-bond acceptors (Lipinski definition) is 6. The number of imide groups is 1. The maximum atomic E-state index is 15.4. The number of urea groups is 1. The lowest BCUT2D eigenvalue weighted by Crippen LogP contribution is -2.56. The Bertz CT molecular complexity index is 1290. The van der Waals surface area contributed by atoms with E-state index in [0.29, 0.717) is 34.6 Å². The number of benzene rings is 1. The predicted molar refractivity (Wildman–Crippen MR) is 149 cm³/mol. The molecule has 1 aliphatic carbocycles. The molecular formula is C29H40FN7O3. The lowest BCUT2D eigenvalue weighted by atomic mass is 9.84. The van der Waals surface area contributed by atoms with Crippen molar-refractivity contribution in [2.75, 3.05) is 51.2 Å². The summed E-state index contributed by atoms with van der Waals surface area (Å²) in [5.41, 5.74) is 1.48. The van der Waals surface area contributed by atoms with Gasteiger partial charge in [0.1, 0.15) is 5.82 Å². The third-order valence-electron chi connectivity index (χ3n) is 9.56. The summed E-state index contributed by atoms with van der Waals surface area (Å²) in [5, 5.41) is 10.7. The van der Waals surface area contributed by atoms with E-state index in [4.69, 9.17) is 0 Å². The molecule has 2 aromatic rings. The number of fused-ring (bicyclic) bond motifs is 1. The van der Waals surface area contributed by atoms with Crippen molar-refractivity contribution in [3.63, 3.8) is 0 Å². The highest BCUT2D eigenvalue weighted by atomic mass is 19.1. The molecule has 4 aliphatic rings. The van der Waals surface area contributed by atoms with Crippen LogP contribution in [0.5, 0.6) is 0 Å². The molecule has 0 radical (unpaired) electrons. The van der Waals surface area contributed by atoms with E-state index in [-0.39, 0.29) is 36.5 Å². The Morgan fingerprint density at radius 2 is 1.80 bits per heavy atom. The number of amides is 4. The normalized spacial score (nSPS) is 25.4. The first-order chi connectivity index (χ1) is 19.3. The van der Waals surface area contributed by atoms with Gasteiger partial charge in [-0.05, 0) is 82.3 Å². The number of nitrogens with one attached hydrogen (secondary N) is 2. The summed E-state index contributed by atoms with van der Waals surface area (Å²) in [6.07, 6.45) is 6.13. The van der Waals surface area contributed by atoms with E-state index in [1.165, 1.54) is 11.0 Å². The first-order valence-electron chi connectivity index (χ1n) is 14.8. The molecule has 10 nitrogen and oxygen atoms in total. The van der Waals surface area contributed by atoms with Gasteiger partial charge in [-0.2, -0.15) is 5.10 Å². The van der Waals surface area contributed by atoms with Crippen molar-refractivity contribution in [3.05, 3.63) is 23.5 Å². The molecule has 2 N–H and O–H groups in total. The second-order valence-electron chi connectivity index (χ2n) is 12.1. The fraction of sp³-hybridized carbons (Fsp3) is 0.655. The van der Waals surface area contributed by atoms with Crippen LogP contribution in [0, 0.1) is 17.7 Å². The van der Waals surface area contributed by atoms with Crippen LogP contribution in [0.2, 0.25) is 0 Å². The highest BCUT2D eigenvalue weighted by Gasteiger charge is 2.37. The zero-order valence-corrected chi connectivity index (χ0v) is 23.5. The number of aryl methyl sites for hydroxylation is 1. The summed E-state index contributed by atoms with van der Waals surface area (Å²) in [4.78, 5) is 42.7. The number of halogens is 1. The predicted octanol–water partition coefficient (Wildman–Crippen LogP) is 2.57. The van der Waals surface area contributed by atoms with Crippen molar-refractivity contribution in [2.45, 2.75) is 56.9 Å². The number of aromatic nitrogens is 2. The number of piperidine rings is 1. The molecule has 11 heteroatoms. The highest BCUT2D eigenvalue weighted by molar-refractivity contribution is 6.08. The van der Waals surface area contributed by atoms with E-state index in [1.54, 1.807) is 11.7 Å². The standard InChI is InChI=1S/C29H40FN7O3/c1-31-21-5-3-20(4-6-21)28(39)36-16-18(17-36)15-35-10-7-19(8-11-35)22-14-25-23(13-24(22)30)27(33-34(25)2)37-12-9-26(38)32-29(37)40/h13-14,18-21,31H,3-12,15-17H2,1-2H3,(H,32,38,40). The quantitative estimate of drug-likeness (QED) is 0.570. The van der Waals surface area contributed by atoms with E-state index < -0.39 is 6.03 Å². The molecule has 3 aliphatic heterocycles. The van der Waals surface area contributed by atoms with Crippen LogP contribution in [-0.4, -0.2) is 89.8 Å². The van der Waals surface area contributed by atoms with Gasteiger partial charge in [0.15, 0.2) is 5.82 Å². The van der Waals surface area contributed by atoms with Crippen LogP contribution in [-0.2, 0) is 16.6 Å². The zero-order chi connectivity index (χ0) is 28.0. The fourth-order valence-electron chi connectivity index (χ4n) is 7.10. The fourth-order valence-corrected chi connectivity index (χ4v) is 7.10. The molecular weight excluding hydrogens is 513 g/mol. The summed E-state index contributed by atoms with van der Waals surface area (Å²) in [5.74, 6) is 0.992. The van der Waals surface area contributed by atoms with E-state index in [0.717, 1.165) is 76.8 Å². The molecule has 0 atom stereocenters. The molecule has 1 aromatic carbocycles. The molecule has 0 bridgehead atoms. The van der Waals surface area contributed by atoms with Crippen LogP contribution in [0.15, 0.2) is 12.1 Å². The molecule has 6 rings (SSSR count). The van der Waals surface area contributed by atoms with Gasteiger partial charge in [0.05, 0.1) is 5.52 Å². The summed E-state index contributed by atoms with van der Waals surface area (Å²) in [6, 6.07) is 3.41. The van der Waals surface area contributed by atoms with Crippen molar-refractivity contribution in [2.24, 2.45) is 18.9 Å². The number of carbonyl (C=O) groups is 3. The summed E-state index contributed by atoms with van der Waals surface area (Å²) in [6.45, 7) is 4.78. The lowest BCUT2D eigenvalue weighted by molar-refractivity contribution is -0.143. The molecule has 4 heterocycles. The van der Waals surface area contributed by atoms with E-state index in [2.05, 4.69) is 25.5 Å². The van der Waals surface area contributed by atoms with Gasteiger partial charge in [-0.25, -0.2) is 9.18 Å². The Kier molecular flexibility index (Phi) is 7.52. The summed E-state index contributed by atoms with van der Waals surface area (Å²) >= 11 is 0. The summed E-state index contributed by atoms with van der Waals surface area (Å²) < 4.78 is 17.1. The Hall–Kier alpha value is -3.05. The van der Waals surface area contributed by atoms with Gasteiger partial charge in [-0.15, -0.1) is 0 Å². The van der Waals surface area contributed by atoms with Gasteiger partial charge in [-0.1, -0.05) is 0 Å². The molecule has 4 fully saturated rings. The van der Waals surface area contributed by atoms with Crippen molar-refractivity contribution in [1.82, 2.24) is 30.2 Å². The summed E-state index contributed by atoms with van der Waals surface area (Å²) in [7, 11) is 3.80. The average Bonchev–Trinajstić information content (AvgIpc) is 3.24. The molecule has 0 unspecified atom stereocenters. The van der Waals surface area contributed by atoms with Crippen molar-refractivity contribution >= 4 is 34.6 Å². The van der Waals surface area contributed by atoms with Gasteiger partial charge in [0, 0.05) is 62.9 Å². The Labute approximate surface area is 234 Å². The minimum Gasteiger partial charge on any atom is -0.342 e. The smallest absolute Gasteiger partial charge is 0.329 e. The number of nitrogens with zero attached hydrogens (tertiary/aromatic N) is 5. The number of carbonyl (C=O) groups excluding carboxylic acids is 3. The van der Waals surface area contributed by atoms with Gasteiger partial charge in [0.2, 0.25) is 11.8 Å². The monoisotopic (exact) mass is 553 g/mol. The molecule has 3 saturated heterocycles. The van der Waals surface area contributed by atoms with Crippen LogP contribution >= 0.6 is 0 Å². The molecule has 1 aromatic heterocycles. The maximum absolute atomic E-state index is 15.4. The minimum atomic E-state index is -0.524. The molecule has 40 heavy (non-hydrogen) atoms. The van der Waals surface area contributed by atoms with Crippen LogP contribution < -0.4 is 15.5 Å². The highest BCUT2D eigenvalue weighted by Crippen LogP contribution is 2.36. The van der Waals surface area contributed by atoms with Crippen LogP contribution in [0.3, 0.4) is 0 Å². The number of rotatable bonds is 6. The third kappa shape index (κ3) is 5.21. The molecule has 0 spiro atoms. The van der Waals surface area contributed by atoms with Crippen molar-refractivity contribution < 1.29 is 18.8 Å². The number of anilines is 1. The third-order valence-corrected chi connectivity index (χ3v) is 9.56. The topological polar surface area (TPSA) is 103 Å². The SMILES string of the molecule is CNC1CCC(C(=O)N2CC(CN3CCC(c4cc5c(cc4F)c(N4CCC(=O)NC4=O)nn5C)CC3)C2)CC1. The zero-order valence-electron chi connectivity index (χ0n) is 23.5. The Morgan fingerprint density at radius 3 is 2.48 bits per heavy atom. The second kappa shape index (κ2) is 11.1. The Balaban J connectivity index is 1.02. The van der Waals surface area contributed by atoms with Crippen LogP contribution in [0.1, 0.15) is 56.4 Å².